The Hall–Kier alpha value is -2.79. The van der Waals surface area contributed by atoms with E-state index < -0.39 is 5.97 Å². The maximum atomic E-state index is 12.4. The van der Waals surface area contributed by atoms with Crippen LogP contribution in [0.2, 0.25) is 5.02 Å². The Labute approximate surface area is 143 Å². The zero-order valence-electron chi connectivity index (χ0n) is 13.1. The molecular formula is C18H14ClNO4. The lowest BCUT2D eigenvalue weighted by molar-refractivity contribution is 0.0600. The van der Waals surface area contributed by atoms with Crippen molar-refractivity contribution in [1.29, 1.82) is 0 Å². The number of nitrogens with one attached hydrogen (secondary N) is 1. The fourth-order valence-electron chi connectivity index (χ4n) is 2.41. The number of benzene rings is 2. The number of fused-ring (bicyclic) bond motifs is 1. The van der Waals surface area contributed by atoms with Gasteiger partial charge in [-0.2, -0.15) is 0 Å². The van der Waals surface area contributed by atoms with Gasteiger partial charge in [-0.3, -0.25) is 4.79 Å². The van der Waals surface area contributed by atoms with E-state index in [0.717, 1.165) is 10.9 Å². The number of ether oxygens (including phenoxy) is 1. The highest BCUT2D eigenvalue weighted by Crippen LogP contribution is 2.28. The first kappa shape index (κ1) is 16.1. The van der Waals surface area contributed by atoms with E-state index >= 15 is 0 Å². The van der Waals surface area contributed by atoms with E-state index in [1.165, 1.54) is 7.11 Å². The summed E-state index contributed by atoms with van der Waals surface area (Å²) in [5.74, 6) is -0.576. The quantitative estimate of drug-likeness (QED) is 0.714. The first-order chi connectivity index (χ1) is 11.5. The van der Waals surface area contributed by atoms with Gasteiger partial charge < -0.3 is 14.5 Å². The number of anilines is 1. The third kappa shape index (κ3) is 2.98. The molecule has 0 aliphatic rings. The van der Waals surface area contributed by atoms with Crippen molar-refractivity contribution >= 4 is 40.1 Å². The fourth-order valence-corrected chi connectivity index (χ4v) is 2.58. The molecule has 122 valence electrons. The number of carbonyl (C=O) groups excluding carboxylic acids is 2. The first-order valence-corrected chi connectivity index (χ1v) is 7.56. The molecule has 0 spiro atoms. The van der Waals surface area contributed by atoms with Crippen LogP contribution < -0.4 is 5.32 Å². The van der Waals surface area contributed by atoms with Crippen molar-refractivity contribution in [3.05, 3.63) is 64.4 Å². The number of furan rings is 1. The van der Waals surface area contributed by atoms with Crippen LogP contribution in [0.15, 0.2) is 46.9 Å². The Morgan fingerprint density at radius 3 is 2.50 bits per heavy atom. The van der Waals surface area contributed by atoms with E-state index in [1.807, 2.05) is 0 Å². The monoisotopic (exact) mass is 343 g/mol. The summed E-state index contributed by atoms with van der Waals surface area (Å²) in [6.07, 6.45) is 0. The molecule has 1 aromatic heterocycles. The van der Waals surface area contributed by atoms with Gasteiger partial charge in [-0.1, -0.05) is 11.6 Å². The van der Waals surface area contributed by atoms with Crippen LogP contribution in [0.4, 0.5) is 5.69 Å². The van der Waals surface area contributed by atoms with Gasteiger partial charge in [0.05, 0.1) is 12.7 Å². The van der Waals surface area contributed by atoms with Crippen molar-refractivity contribution in [2.24, 2.45) is 0 Å². The van der Waals surface area contributed by atoms with Gasteiger partial charge in [-0.25, -0.2) is 4.79 Å². The number of halogens is 1. The van der Waals surface area contributed by atoms with E-state index in [-0.39, 0.29) is 11.7 Å². The molecule has 1 amide bonds. The molecule has 0 fully saturated rings. The van der Waals surface area contributed by atoms with Gasteiger partial charge in [-0.15, -0.1) is 0 Å². The van der Waals surface area contributed by atoms with Gasteiger partial charge in [0.2, 0.25) is 0 Å². The van der Waals surface area contributed by atoms with Crippen molar-refractivity contribution in [3.63, 3.8) is 0 Å². The van der Waals surface area contributed by atoms with Crippen LogP contribution in [0.5, 0.6) is 0 Å². The van der Waals surface area contributed by atoms with Crippen LogP contribution in [0.1, 0.15) is 26.5 Å². The van der Waals surface area contributed by atoms with Crippen LogP contribution in [-0.2, 0) is 4.74 Å². The SMILES string of the molecule is COC(=O)c1ccc(NC(=O)c2oc3ccc(Cl)cc3c2C)cc1. The summed E-state index contributed by atoms with van der Waals surface area (Å²) >= 11 is 5.98. The Balaban J connectivity index is 1.85. The summed E-state index contributed by atoms with van der Waals surface area (Å²) in [7, 11) is 1.31. The van der Waals surface area contributed by atoms with Crippen LogP contribution in [-0.4, -0.2) is 19.0 Å². The van der Waals surface area contributed by atoms with Crippen LogP contribution >= 0.6 is 11.6 Å². The largest absolute Gasteiger partial charge is 0.465 e. The maximum Gasteiger partial charge on any atom is 0.337 e. The maximum absolute atomic E-state index is 12.4. The van der Waals surface area contributed by atoms with Crippen molar-refractivity contribution in [2.45, 2.75) is 6.92 Å². The molecule has 0 unspecified atom stereocenters. The number of aryl methyl sites for hydroxylation is 1. The van der Waals surface area contributed by atoms with E-state index in [9.17, 15) is 9.59 Å². The number of esters is 1. The minimum absolute atomic E-state index is 0.226. The van der Waals surface area contributed by atoms with Crippen molar-refractivity contribution in [2.75, 3.05) is 12.4 Å². The second-order valence-corrected chi connectivity index (χ2v) is 5.66. The summed E-state index contributed by atoms with van der Waals surface area (Å²) < 4.78 is 10.3. The van der Waals surface area contributed by atoms with Gasteiger partial charge in [0.25, 0.3) is 5.91 Å². The van der Waals surface area contributed by atoms with E-state index in [0.29, 0.717) is 21.9 Å². The predicted molar refractivity (Wildman–Crippen MR) is 91.7 cm³/mol. The molecule has 0 radical (unpaired) electrons. The topological polar surface area (TPSA) is 68.5 Å². The highest BCUT2D eigenvalue weighted by Gasteiger charge is 2.18. The third-order valence-electron chi connectivity index (χ3n) is 3.67. The third-order valence-corrected chi connectivity index (χ3v) is 3.90. The molecule has 1 N–H and O–H groups in total. The molecular weight excluding hydrogens is 330 g/mol. The van der Waals surface area contributed by atoms with Gasteiger partial charge in [-0.05, 0) is 49.4 Å². The first-order valence-electron chi connectivity index (χ1n) is 7.18. The molecule has 0 bridgehead atoms. The normalized spacial score (nSPS) is 10.6. The van der Waals surface area contributed by atoms with Crippen molar-refractivity contribution in [3.8, 4) is 0 Å². The standard InChI is InChI=1S/C18H14ClNO4/c1-10-14-9-12(19)5-8-15(14)24-16(10)17(21)20-13-6-3-11(4-7-13)18(22)23-2/h3-9H,1-2H3,(H,20,21). The van der Waals surface area contributed by atoms with Gasteiger partial charge in [0, 0.05) is 21.7 Å². The molecule has 0 aliphatic carbocycles. The lowest BCUT2D eigenvalue weighted by atomic mass is 10.1. The van der Waals surface area contributed by atoms with Crippen LogP contribution in [0.25, 0.3) is 11.0 Å². The minimum Gasteiger partial charge on any atom is -0.465 e. The van der Waals surface area contributed by atoms with Crippen molar-refractivity contribution in [1.82, 2.24) is 0 Å². The van der Waals surface area contributed by atoms with Crippen LogP contribution in [0, 0.1) is 6.92 Å². The second-order valence-electron chi connectivity index (χ2n) is 5.22. The number of amides is 1. The molecule has 1 heterocycles. The summed E-state index contributed by atoms with van der Waals surface area (Å²) in [6, 6.07) is 11.6. The molecule has 24 heavy (non-hydrogen) atoms. The Bertz CT molecular complexity index is 928. The fraction of sp³-hybridized carbons (Fsp3) is 0.111. The average molecular weight is 344 g/mol. The summed E-state index contributed by atoms with van der Waals surface area (Å²) in [5, 5.41) is 4.12. The highest BCUT2D eigenvalue weighted by molar-refractivity contribution is 6.31. The van der Waals surface area contributed by atoms with E-state index in [4.69, 9.17) is 16.0 Å². The highest BCUT2D eigenvalue weighted by atomic mass is 35.5. The number of hydrogen-bond donors (Lipinski definition) is 1. The summed E-state index contributed by atoms with van der Waals surface area (Å²) in [5.41, 5.74) is 2.27. The number of rotatable bonds is 3. The smallest absolute Gasteiger partial charge is 0.337 e. The molecule has 0 atom stereocenters. The number of carbonyl (C=O) groups is 2. The Kier molecular flexibility index (Phi) is 4.27. The van der Waals surface area contributed by atoms with E-state index in [1.54, 1.807) is 49.4 Å². The molecule has 2 aromatic carbocycles. The molecule has 6 heteroatoms. The summed E-state index contributed by atoms with van der Waals surface area (Å²) in [4.78, 5) is 23.8. The summed E-state index contributed by atoms with van der Waals surface area (Å²) in [6.45, 7) is 1.80. The van der Waals surface area contributed by atoms with Gasteiger partial charge >= 0.3 is 5.97 Å². The average Bonchev–Trinajstić information content (AvgIpc) is 2.91. The van der Waals surface area contributed by atoms with Gasteiger partial charge in [0.15, 0.2) is 5.76 Å². The molecule has 3 aromatic rings. The predicted octanol–water partition coefficient (Wildman–Crippen LogP) is 4.43. The molecule has 0 saturated carbocycles. The second kappa shape index (κ2) is 6.37. The molecule has 0 aliphatic heterocycles. The zero-order chi connectivity index (χ0) is 17.3. The van der Waals surface area contributed by atoms with Gasteiger partial charge in [0.1, 0.15) is 5.58 Å². The van der Waals surface area contributed by atoms with E-state index in [2.05, 4.69) is 10.1 Å². The molecule has 5 nitrogen and oxygen atoms in total. The minimum atomic E-state index is -0.433. The molecule has 0 saturated heterocycles. The van der Waals surface area contributed by atoms with Crippen LogP contribution in [0.3, 0.4) is 0 Å². The lowest BCUT2D eigenvalue weighted by Crippen LogP contribution is -2.12. The lowest BCUT2D eigenvalue weighted by Gasteiger charge is -2.05. The molecule has 3 rings (SSSR count). The van der Waals surface area contributed by atoms with Crippen molar-refractivity contribution < 1.29 is 18.7 Å². The Morgan fingerprint density at radius 2 is 1.83 bits per heavy atom. The zero-order valence-corrected chi connectivity index (χ0v) is 13.8. The number of methoxy groups -OCH3 is 1. The number of hydrogen-bond acceptors (Lipinski definition) is 4. The Morgan fingerprint density at radius 1 is 1.12 bits per heavy atom.